The van der Waals surface area contributed by atoms with E-state index < -0.39 is 5.60 Å². The Labute approximate surface area is 218 Å². The second-order valence-corrected chi connectivity index (χ2v) is 13.2. The van der Waals surface area contributed by atoms with E-state index >= 15 is 0 Å². The zero-order valence-corrected chi connectivity index (χ0v) is 22.7. The molecule has 0 amide bonds. The van der Waals surface area contributed by atoms with E-state index in [1.165, 1.54) is 32.1 Å². The molecule has 36 heavy (non-hydrogen) atoms. The highest BCUT2D eigenvalue weighted by molar-refractivity contribution is 5.99. The molecule has 4 fully saturated rings. The Hall–Kier alpha value is -2.11. The topological polar surface area (TPSA) is 37.3 Å². The number of ketones is 1. The van der Waals surface area contributed by atoms with E-state index in [1.54, 1.807) is 6.08 Å². The lowest BCUT2D eigenvalue weighted by Crippen LogP contribution is -2.55. The fourth-order valence-electron chi connectivity index (χ4n) is 9.39. The highest BCUT2D eigenvalue weighted by Crippen LogP contribution is 2.68. The lowest BCUT2D eigenvalue weighted by molar-refractivity contribution is -0.144. The van der Waals surface area contributed by atoms with E-state index in [-0.39, 0.29) is 11.3 Å². The van der Waals surface area contributed by atoms with Crippen LogP contribution < -0.4 is 0 Å². The van der Waals surface area contributed by atoms with Gasteiger partial charge in [0, 0.05) is 11.5 Å². The molecule has 0 aliphatic heterocycles. The normalized spacial score (nSPS) is 42.3. The molecule has 0 radical (unpaired) electrons. The Kier molecular flexibility index (Phi) is 6.61. The second kappa shape index (κ2) is 9.33. The Morgan fingerprint density at radius 3 is 2.33 bits per heavy atom. The van der Waals surface area contributed by atoms with Crippen LogP contribution in [0.25, 0.3) is 5.57 Å². The number of terminal acetylenes is 1. The number of benzene rings is 1. The van der Waals surface area contributed by atoms with Crippen LogP contribution in [0.1, 0.15) is 101 Å². The van der Waals surface area contributed by atoms with E-state index in [4.69, 9.17) is 6.42 Å². The molecule has 0 bridgehead atoms. The smallest absolute Gasteiger partial charge is 0.166 e. The number of aliphatic hydroxyl groups is 1. The van der Waals surface area contributed by atoms with Gasteiger partial charge in [-0.15, -0.1) is 6.42 Å². The van der Waals surface area contributed by atoms with Crippen molar-refractivity contribution in [3.63, 3.8) is 0 Å². The zero-order valence-electron chi connectivity index (χ0n) is 22.7. The highest BCUT2D eigenvalue weighted by Gasteiger charge is 2.61. The predicted molar refractivity (Wildman–Crippen MR) is 148 cm³/mol. The van der Waals surface area contributed by atoms with Crippen molar-refractivity contribution in [3.05, 3.63) is 53.6 Å². The van der Waals surface area contributed by atoms with E-state index in [2.05, 4.69) is 31.9 Å². The van der Waals surface area contributed by atoms with Crippen LogP contribution in [0, 0.1) is 52.8 Å². The third-order valence-electron chi connectivity index (χ3n) is 11.4. The quantitative estimate of drug-likeness (QED) is 0.268. The molecule has 2 heteroatoms. The fourth-order valence-corrected chi connectivity index (χ4v) is 9.39. The average Bonchev–Trinajstić information content (AvgIpc) is 3.22. The van der Waals surface area contributed by atoms with E-state index in [1.807, 2.05) is 38.1 Å². The van der Waals surface area contributed by atoms with Gasteiger partial charge in [0.1, 0.15) is 0 Å². The number of hydrogen-bond acceptors (Lipinski definition) is 2. The summed E-state index contributed by atoms with van der Waals surface area (Å²) in [5.74, 6) is 5.85. The number of carbonyl (C=O) groups is 1. The molecule has 1 aromatic rings. The molecular weight excluding hydrogens is 440 g/mol. The van der Waals surface area contributed by atoms with Gasteiger partial charge in [0.25, 0.3) is 0 Å². The number of carbonyl (C=O) groups excluding carboxylic acids is 1. The monoisotopic (exact) mass is 484 g/mol. The maximum Gasteiger partial charge on any atom is 0.166 e. The molecule has 4 aliphatic carbocycles. The van der Waals surface area contributed by atoms with E-state index in [0.29, 0.717) is 23.0 Å². The van der Waals surface area contributed by atoms with Crippen LogP contribution in [0.15, 0.2) is 42.5 Å². The molecule has 2 nitrogen and oxygen atoms in total. The van der Waals surface area contributed by atoms with Crippen molar-refractivity contribution in [1.82, 2.24) is 0 Å². The first kappa shape index (κ1) is 25.5. The minimum absolute atomic E-state index is 0.115. The second-order valence-electron chi connectivity index (χ2n) is 13.2. The van der Waals surface area contributed by atoms with Gasteiger partial charge >= 0.3 is 0 Å². The summed E-state index contributed by atoms with van der Waals surface area (Å²) in [6, 6.07) is 8.17. The first-order valence-electron chi connectivity index (χ1n) is 14.3. The van der Waals surface area contributed by atoms with E-state index in [0.717, 1.165) is 54.2 Å². The summed E-state index contributed by atoms with van der Waals surface area (Å²) in [6.45, 7) is 9.04. The van der Waals surface area contributed by atoms with Gasteiger partial charge in [0.05, 0.1) is 5.60 Å². The van der Waals surface area contributed by atoms with Crippen molar-refractivity contribution in [2.24, 2.45) is 40.4 Å². The summed E-state index contributed by atoms with van der Waals surface area (Å²) < 4.78 is 0. The third-order valence-corrected chi connectivity index (χ3v) is 11.4. The largest absolute Gasteiger partial charge is 0.390 e. The SMILES string of the molecule is C#C/C=C\C(=C/C)c1ccc(C(=O)[C@H]2CC[C@H]3[C@@H]4CC[C@H]5C[C@](C)(O)CC[C@]5(C)[C@H]4CC[C@]23C)cc1. The van der Waals surface area contributed by atoms with Crippen LogP contribution in [-0.2, 0) is 0 Å². The molecule has 1 N–H and O–H groups in total. The van der Waals surface area contributed by atoms with Crippen molar-refractivity contribution in [3.8, 4) is 12.3 Å². The summed E-state index contributed by atoms with van der Waals surface area (Å²) in [5.41, 5.74) is 3.02. The van der Waals surface area contributed by atoms with Gasteiger partial charge in [0.15, 0.2) is 5.78 Å². The van der Waals surface area contributed by atoms with Crippen LogP contribution in [0.3, 0.4) is 0 Å². The zero-order chi connectivity index (χ0) is 25.7. The van der Waals surface area contributed by atoms with Gasteiger partial charge < -0.3 is 5.11 Å². The lowest BCUT2D eigenvalue weighted by atomic mass is 9.44. The van der Waals surface area contributed by atoms with Crippen molar-refractivity contribution in [1.29, 1.82) is 0 Å². The molecule has 0 aromatic heterocycles. The molecular formula is C34H44O2. The van der Waals surface area contributed by atoms with Gasteiger partial charge in [-0.1, -0.05) is 50.1 Å². The molecule has 4 saturated carbocycles. The van der Waals surface area contributed by atoms with Crippen LogP contribution in [-0.4, -0.2) is 16.5 Å². The molecule has 0 heterocycles. The highest BCUT2D eigenvalue weighted by atomic mass is 16.3. The molecule has 0 saturated heterocycles. The van der Waals surface area contributed by atoms with Gasteiger partial charge in [0.2, 0.25) is 0 Å². The number of hydrogen-bond donors (Lipinski definition) is 1. The standard InChI is InChI=1S/C34H44O2/c1-6-8-9-23(7-2)24-10-12-25(13-11-24)31(35)30-17-16-28-27-15-14-26-22-32(3,36)20-21-33(26,4)29(27)18-19-34(28,30)5/h1,7-13,26-30,36H,14-22H2,2-5H3/b9-8-,23-7+/t26-,27-,28-,29-,30+,32+,33-,34-/m0/s1. The molecule has 0 spiro atoms. The lowest BCUT2D eigenvalue weighted by Gasteiger charge is -2.61. The van der Waals surface area contributed by atoms with Crippen LogP contribution >= 0.6 is 0 Å². The van der Waals surface area contributed by atoms with Gasteiger partial charge in [-0.05, 0) is 129 Å². The van der Waals surface area contributed by atoms with Crippen LogP contribution in [0.4, 0.5) is 0 Å². The number of fused-ring (bicyclic) bond motifs is 5. The summed E-state index contributed by atoms with van der Waals surface area (Å²) in [4.78, 5) is 13.9. The van der Waals surface area contributed by atoms with E-state index in [9.17, 15) is 9.90 Å². The first-order chi connectivity index (χ1) is 17.1. The minimum Gasteiger partial charge on any atom is -0.390 e. The first-order valence-corrected chi connectivity index (χ1v) is 14.3. The number of rotatable bonds is 4. The average molecular weight is 485 g/mol. The van der Waals surface area contributed by atoms with Crippen LogP contribution in [0.5, 0.6) is 0 Å². The number of Topliss-reactive ketones (excluding diaryl/α,β-unsaturated/α-hetero) is 1. The van der Waals surface area contributed by atoms with Crippen molar-refractivity contribution >= 4 is 11.4 Å². The molecule has 5 rings (SSSR count). The van der Waals surface area contributed by atoms with Crippen LogP contribution in [0.2, 0.25) is 0 Å². The van der Waals surface area contributed by atoms with Crippen molar-refractivity contribution in [2.75, 3.05) is 0 Å². The summed E-state index contributed by atoms with van der Waals surface area (Å²) >= 11 is 0. The fraction of sp³-hybridized carbons (Fsp3) is 0.618. The molecule has 1 aromatic carbocycles. The number of allylic oxidation sites excluding steroid dienone is 4. The molecule has 0 unspecified atom stereocenters. The molecule has 192 valence electrons. The van der Waals surface area contributed by atoms with Gasteiger partial charge in [-0.25, -0.2) is 0 Å². The van der Waals surface area contributed by atoms with Crippen molar-refractivity contribution in [2.45, 2.75) is 91.1 Å². The van der Waals surface area contributed by atoms with Crippen molar-refractivity contribution < 1.29 is 9.90 Å². The van der Waals surface area contributed by atoms with Gasteiger partial charge in [-0.2, -0.15) is 0 Å². The predicted octanol–water partition coefficient (Wildman–Crippen LogP) is 7.87. The summed E-state index contributed by atoms with van der Waals surface area (Å²) in [6.07, 6.45) is 21.4. The Balaban J connectivity index is 1.34. The van der Waals surface area contributed by atoms with Gasteiger partial charge in [-0.3, -0.25) is 4.79 Å². The minimum atomic E-state index is -0.480. The third kappa shape index (κ3) is 4.12. The molecule has 4 aliphatic rings. The Morgan fingerprint density at radius 1 is 0.944 bits per heavy atom. The Bertz CT molecular complexity index is 1100. The Morgan fingerprint density at radius 2 is 1.64 bits per heavy atom. The maximum absolute atomic E-state index is 13.9. The maximum atomic E-state index is 13.9. The summed E-state index contributed by atoms with van der Waals surface area (Å²) in [5, 5.41) is 10.8. The molecule has 8 atom stereocenters. The summed E-state index contributed by atoms with van der Waals surface area (Å²) in [7, 11) is 0.